The van der Waals surface area contributed by atoms with E-state index >= 15 is 0 Å². The zero-order chi connectivity index (χ0) is 14.0. The summed E-state index contributed by atoms with van der Waals surface area (Å²) in [5.41, 5.74) is 9.07. The standard InChI is InChI=1S/C15H16BrFN2/c1-9(2)10-4-3-5-11(6-10)19-15-7-12(16)13(17)8-14(15)18/h3-9,19H,18H2,1-2H3. The second kappa shape index (κ2) is 5.61. The first kappa shape index (κ1) is 13.9. The number of nitrogens with two attached hydrogens (primary N) is 1. The summed E-state index contributed by atoms with van der Waals surface area (Å²) in [7, 11) is 0. The lowest BCUT2D eigenvalue weighted by atomic mass is 10.0. The maximum atomic E-state index is 13.3. The Morgan fingerprint density at radius 3 is 2.63 bits per heavy atom. The largest absolute Gasteiger partial charge is 0.397 e. The molecule has 100 valence electrons. The van der Waals surface area contributed by atoms with Crippen LogP contribution in [0.3, 0.4) is 0 Å². The van der Waals surface area contributed by atoms with E-state index in [4.69, 9.17) is 5.73 Å². The first-order valence-corrected chi connectivity index (χ1v) is 6.88. The van der Waals surface area contributed by atoms with Crippen molar-refractivity contribution in [1.82, 2.24) is 0 Å². The predicted molar refractivity (Wildman–Crippen MR) is 82.3 cm³/mol. The van der Waals surface area contributed by atoms with Gasteiger partial charge in [-0.15, -0.1) is 0 Å². The minimum Gasteiger partial charge on any atom is -0.397 e. The summed E-state index contributed by atoms with van der Waals surface area (Å²) in [6, 6.07) is 11.1. The Morgan fingerprint density at radius 2 is 1.95 bits per heavy atom. The smallest absolute Gasteiger partial charge is 0.139 e. The fourth-order valence-electron chi connectivity index (χ4n) is 1.80. The van der Waals surface area contributed by atoms with Crippen LogP contribution in [0.25, 0.3) is 0 Å². The van der Waals surface area contributed by atoms with E-state index in [0.717, 1.165) is 5.69 Å². The second-order valence-corrected chi connectivity index (χ2v) is 5.61. The first-order chi connectivity index (χ1) is 8.97. The SMILES string of the molecule is CC(C)c1cccc(Nc2cc(Br)c(F)cc2N)c1. The van der Waals surface area contributed by atoms with E-state index in [1.54, 1.807) is 6.07 Å². The van der Waals surface area contributed by atoms with Crippen LogP contribution in [0.2, 0.25) is 0 Å². The van der Waals surface area contributed by atoms with E-state index in [2.05, 4.69) is 47.2 Å². The third kappa shape index (κ3) is 3.26. The fraction of sp³-hybridized carbons (Fsp3) is 0.200. The van der Waals surface area contributed by atoms with Crippen molar-refractivity contribution in [2.45, 2.75) is 19.8 Å². The van der Waals surface area contributed by atoms with Gasteiger partial charge in [-0.25, -0.2) is 4.39 Å². The molecule has 0 aliphatic heterocycles. The lowest BCUT2D eigenvalue weighted by Gasteiger charge is -2.12. The van der Waals surface area contributed by atoms with Crippen LogP contribution in [0, 0.1) is 5.82 Å². The van der Waals surface area contributed by atoms with E-state index in [9.17, 15) is 4.39 Å². The van der Waals surface area contributed by atoms with Crippen molar-refractivity contribution in [2.24, 2.45) is 0 Å². The molecule has 0 radical (unpaired) electrons. The van der Waals surface area contributed by atoms with E-state index in [1.807, 2.05) is 12.1 Å². The van der Waals surface area contributed by atoms with Crippen molar-refractivity contribution < 1.29 is 4.39 Å². The van der Waals surface area contributed by atoms with Gasteiger partial charge < -0.3 is 11.1 Å². The summed E-state index contributed by atoms with van der Waals surface area (Å²) in [4.78, 5) is 0. The maximum absolute atomic E-state index is 13.3. The molecule has 2 aromatic rings. The van der Waals surface area contributed by atoms with Gasteiger partial charge in [0, 0.05) is 11.8 Å². The van der Waals surface area contributed by atoms with Gasteiger partial charge in [-0.2, -0.15) is 0 Å². The average molecular weight is 323 g/mol. The maximum Gasteiger partial charge on any atom is 0.139 e. The van der Waals surface area contributed by atoms with Crippen molar-refractivity contribution in [1.29, 1.82) is 0 Å². The molecule has 4 heteroatoms. The molecule has 0 aromatic heterocycles. The van der Waals surface area contributed by atoms with Gasteiger partial charge in [0.25, 0.3) is 0 Å². The molecule has 0 heterocycles. The predicted octanol–water partition coefficient (Wildman–Crippen LogP) is 5.04. The average Bonchev–Trinajstić information content (AvgIpc) is 2.36. The summed E-state index contributed by atoms with van der Waals surface area (Å²) < 4.78 is 13.7. The summed E-state index contributed by atoms with van der Waals surface area (Å²) in [6.07, 6.45) is 0. The van der Waals surface area contributed by atoms with E-state index in [1.165, 1.54) is 11.6 Å². The molecular weight excluding hydrogens is 307 g/mol. The summed E-state index contributed by atoms with van der Waals surface area (Å²) in [6.45, 7) is 4.28. The van der Waals surface area contributed by atoms with Gasteiger partial charge in [-0.05, 0) is 45.6 Å². The topological polar surface area (TPSA) is 38.0 Å². The van der Waals surface area contributed by atoms with E-state index in [-0.39, 0.29) is 5.82 Å². The van der Waals surface area contributed by atoms with Crippen LogP contribution in [0.15, 0.2) is 40.9 Å². The Kier molecular flexibility index (Phi) is 4.10. The number of rotatable bonds is 3. The summed E-state index contributed by atoms with van der Waals surface area (Å²) in [5.74, 6) is 0.0954. The molecule has 2 rings (SSSR count). The van der Waals surface area contributed by atoms with Crippen LogP contribution in [-0.2, 0) is 0 Å². The molecule has 0 unspecified atom stereocenters. The quantitative estimate of drug-likeness (QED) is 0.777. The van der Waals surface area contributed by atoms with Gasteiger partial charge in [-0.1, -0.05) is 26.0 Å². The lowest BCUT2D eigenvalue weighted by Crippen LogP contribution is -1.98. The number of benzene rings is 2. The summed E-state index contributed by atoms with van der Waals surface area (Å²) >= 11 is 3.16. The highest BCUT2D eigenvalue weighted by atomic mass is 79.9. The molecule has 2 nitrogen and oxygen atoms in total. The Balaban J connectivity index is 2.31. The third-order valence-corrected chi connectivity index (χ3v) is 3.53. The number of nitrogens with one attached hydrogen (secondary N) is 1. The second-order valence-electron chi connectivity index (χ2n) is 4.76. The van der Waals surface area contributed by atoms with Gasteiger partial charge in [0.2, 0.25) is 0 Å². The van der Waals surface area contributed by atoms with Crippen molar-refractivity contribution in [3.63, 3.8) is 0 Å². The van der Waals surface area contributed by atoms with Crippen molar-refractivity contribution in [2.75, 3.05) is 11.1 Å². The molecule has 0 spiro atoms. The van der Waals surface area contributed by atoms with Crippen LogP contribution in [-0.4, -0.2) is 0 Å². The van der Waals surface area contributed by atoms with Crippen LogP contribution in [0.1, 0.15) is 25.3 Å². The van der Waals surface area contributed by atoms with Crippen molar-refractivity contribution in [3.8, 4) is 0 Å². The number of anilines is 3. The number of nitrogen functional groups attached to an aromatic ring is 1. The molecule has 19 heavy (non-hydrogen) atoms. The first-order valence-electron chi connectivity index (χ1n) is 6.09. The zero-order valence-corrected chi connectivity index (χ0v) is 12.5. The van der Waals surface area contributed by atoms with Gasteiger partial charge in [0.15, 0.2) is 0 Å². The van der Waals surface area contributed by atoms with Gasteiger partial charge in [0.05, 0.1) is 15.8 Å². The molecule has 3 N–H and O–H groups in total. The molecule has 0 atom stereocenters. The highest BCUT2D eigenvalue weighted by molar-refractivity contribution is 9.10. The van der Waals surface area contributed by atoms with E-state index in [0.29, 0.717) is 21.8 Å². The highest BCUT2D eigenvalue weighted by Crippen LogP contribution is 2.30. The number of halogens is 2. The molecule has 0 saturated carbocycles. The lowest BCUT2D eigenvalue weighted by molar-refractivity contribution is 0.622. The molecule has 0 bridgehead atoms. The Bertz CT molecular complexity index is 597. The minimum absolute atomic E-state index is 0.362. The van der Waals surface area contributed by atoms with E-state index < -0.39 is 0 Å². The zero-order valence-electron chi connectivity index (χ0n) is 10.9. The normalized spacial score (nSPS) is 10.8. The Hall–Kier alpha value is -1.55. The van der Waals surface area contributed by atoms with Crippen LogP contribution in [0.4, 0.5) is 21.5 Å². The number of hydrogen-bond donors (Lipinski definition) is 2. The van der Waals surface area contributed by atoms with Gasteiger partial charge >= 0.3 is 0 Å². The van der Waals surface area contributed by atoms with Crippen LogP contribution in [0.5, 0.6) is 0 Å². The third-order valence-electron chi connectivity index (χ3n) is 2.92. The molecule has 0 aliphatic carbocycles. The Labute approximate surface area is 121 Å². The molecule has 0 saturated heterocycles. The van der Waals surface area contributed by atoms with Crippen molar-refractivity contribution >= 4 is 33.0 Å². The summed E-state index contributed by atoms with van der Waals surface area (Å²) in [5, 5.41) is 3.21. The molecule has 0 amide bonds. The van der Waals surface area contributed by atoms with Gasteiger partial charge in [-0.3, -0.25) is 0 Å². The molecule has 2 aromatic carbocycles. The molecular formula is C15H16BrFN2. The van der Waals surface area contributed by atoms with Gasteiger partial charge in [0.1, 0.15) is 5.82 Å². The Morgan fingerprint density at radius 1 is 1.21 bits per heavy atom. The van der Waals surface area contributed by atoms with Crippen LogP contribution >= 0.6 is 15.9 Å². The van der Waals surface area contributed by atoms with Crippen molar-refractivity contribution in [3.05, 3.63) is 52.3 Å². The molecule has 0 aliphatic rings. The number of hydrogen-bond acceptors (Lipinski definition) is 2. The highest BCUT2D eigenvalue weighted by Gasteiger charge is 2.07. The molecule has 0 fully saturated rings. The monoisotopic (exact) mass is 322 g/mol. The minimum atomic E-state index is -0.362. The fourth-order valence-corrected chi connectivity index (χ4v) is 2.14. The van der Waals surface area contributed by atoms with Crippen LogP contribution < -0.4 is 11.1 Å².